The number of nitrogens with two attached hydrogens (primary N) is 1. The van der Waals surface area contributed by atoms with Crippen LogP contribution in [0.4, 0.5) is 4.79 Å². The molecule has 0 aromatic heterocycles. The van der Waals surface area contributed by atoms with Crippen LogP contribution in [0.5, 0.6) is 0 Å². The molecule has 0 bridgehead atoms. The van der Waals surface area contributed by atoms with Gasteiger partial charge in [-0.2, -0.15) is 0 Å². The van der Waals surface area contributed by atoms with Crippen molar-refractivity contribution in [2.45, 2.75) is 38.3 Å². The van der Waals surface area contributed by atoms with E-state index in [0.29, 0.717) is 0 Å². The second-order valence-corrected chi connectivity index (χ2v) is 6.11. The minimum absolute atomic E-state index is 0. The smallest absolute Gasteiger partial charge is 0.312 e. The normalized spacial score (nSPS) is 15.9. The van der Waals surface area contributed by atoms with E-state index in [1.54, 1.807) is 0 Å². The summed E-state index contributed by atoms with van der Waals surface area (Å²) in [6.07, 6.45) is 2.13. The van der Waals surface area contributed by atoms with Crippen LogP contribution >= 0.6 is 12.4 Å². The van der Waals surface area contributed by atoms with E-state index in [1.165, 1.54) is 0 Å². The van der Waals surface area contributed by atoms with Crippen LogP contribution in [0.25, 0.3) is 0 Å². The highest BCUT2D eigenvalue weighted by atomic mass is 35.5. The van der Waals surface area contributed by atoms with Crippen molar-refractivity contribution < 1.29 is 9.59 Å². The molecule has 4 N–H and O–H groups in total. The highest BCUT2D eigenvalue weighted by Crippen LogP contribution is 2.22. The first kappa shape index (κ1) is 20.3. The van der Waals surface area contributed by atoms with Gasteiger partial charge in [0.05, 0.1) is 12.5 Å². The van der Waals surface area contributed by atoms with Gasteiger partial charge in [-0.3, -0.25) is 4.79 Å². The van der Waals surface area contributed by atoms with Gasteiger partial charge < -0.3 is 21.3 Å². The maximum absolute atomic E-state index is 12.6. The third-order valence-corrected chi connectivity index (χ3v) is 4.51. The van der Waals surface area contributed by atoms with Gasteiger partial charge in [-0.05, 0) is 44.0 Å². The van der Waals surface area contributed by atoms with Crippen molar-refractivity contribution in [3.05, 3.63) is 35.4 Å². The number of carbonyl (C=O) groups excluding carboxylic acids is 2. The third-order valence-electron chi connectivity index (χ3n) is 4.51. The highest BCUT2D eigenvalue weighted by molar-refractivity contribution is 5.85. The van der Waals surface area contributed by atoms with Crippen molar-refractivity contribution in [2.75, 3.05) is 20.1 Å². The summed E-state index contributed by atoms with van der Waals surface area (Å²) >= 11 is 0. The van der Waals surface area contributed by atoms with Gasteiger partial charge in [0.15, 0.2) is 0 Å². The van der Waals surface area contributed by atoms with E-state index >= 15 is 0 Å². The molecule has 2 rings (SSSR count). The Balaban J connectivity index is 0.00000288. The average Bonchev–Trinajstić information content (AvgIpc) is 2.54. The Bertz CT molecular complexity index is 561. The van der Waals surface area contributed by atoms with Gasteiger partial charge in [-0.15, -0.1) is 12.4 Å². The molecule has 1 aliphatic rings. The lowest BCUT2D eigenvalue weighted by atomic mass is 9.97. The summed E-state index contributed by atoms with van der Waals surface area (Å²) in [5.74, 6) is 0.0268. The van der Waals surface area contributed by atoms with Crippen molar-refractivity contribution in [3.8, 4) is 0 Å². The predicted molar refractivity (Wildman–Crippen MR) is 97.2 cm³/mol. The van der Waals surface area contributed by atoms with Gasteiger partial charge >= 0.3 is 6.03 Å². The molecule has 7 heteroatoms. The van der Waals surface area contributed by atoms with Crippen molar-refractivity contribution in [3.63, 3.8) is 0 Å². The Kier molecular flexibility index (Phi) is 8.01. The van der Waals surface area contributed by atoms with Crippen LogP contribution in [-0.4, -0.2) is 43.0 Å². The fraction of sp³-hybridized carbons (Fsp3) is 0.529. The topological polar surface area (TPSA) is 87.5 Å². The maximum Gasteiger partial charge on any atom is 0.312 e. The summed E-state index contributed by atoms with van der Waals surface area (Å²) in [5, 5.41) is 6.00. The van der Waals surface area contributed by atoms with Crippen LogP contribution in [0.3, 0.4) is 0 Å². The number of carbonyl (C=O) groups is 2. The lowest BCUT2D eigenvalue weighted by Crippen LogP contribution is -2.45. The molecule has 1 aliphatic heterocycles. The number of hydrogen-bond donors (Lipinski definition) is 3. The average molecular weight is 355 g/mol. The Hall–Kier alpha value is -1.79. The summed E-state index contributed by atoms with van der Waals surface area (Å²) in [6.45, 7) is 3.83. The van der Waals surface area contributed by atoms with E-state index in [9.17, 15) is 9.59 Å². The predicted octanol–water partition coefficient (Wildman–Crippen LogP) is 1.73. The quantitative estimate of drug-likeness (QED) is 0.752. The molecule has 0 spiro atoms. The van der Waals surface area contributed by atoms with Crippen LogP contribution in [0.15, 0.2) is 24.3 Å². The molecule has 0 aliphatic carbocycles. The van der Waals surface area contributed by atoms with E-state index < -0.39 is 12.1 Å². The fourth-order valence-corrected chi connectivity index (χ4v) is 3.10. The molecule has 134 valence electrons. The van der Waals surface area contributed by atoms with Gasteiger partial charge in [0.1, 0.15) is 0 Å². The fourth-order valence-electron chi connectivity index (χ4n) is 3.10. The van der Waals surface area contributed by atoms with Gasteiger partial charge in [-0.1, -0.05) is 24.3 Å². The van der Waals surface area contributed by atoms with E-state index in [1.807, 2.05) is 43.1 Å². The molecule has 3 amide bonds. The Morgan fingerprint density at radius 1 is 1.33 bits per heavy atom. The summed E-state index contributed by atoms with van der Waals surface area (Å²) in [6, 6.07) is 6.97. The first-order valence-corrected chi connectivity index (χ1v) is 8.07. The summed E-state index contributed by atoms with van der Waals surface area (Å²) in [5.41, 5.74) is 7.25. The lowest BCUT2D eigenvalue weighted by molar-refractivity contribution is -0.132. The standard InChI is InChI=1S/C17H26N4O2.ClH/c1-12-5-3-4-6-14(12)15(20-17(18)23)11-16(22)21(2)13-7-9-19-10-8-13;/h3-6,13,15,19H,7-11H2,1-2H3,(H3,18,20,23);1H. The van der Waals surface area contributed by atoms with Gasteiger partial charge in [0.25, 0.3) is 0 Å². The van der Waals surface area contributed by atoms with E-state index in [0.717, 1.165) is 37.1 Å². The van der Waals surface area contributed by atoms with Crippen LogP contribution < -0.4 is 16.4 Å². The Morgan fingerprint density at radius 2 is 1.96 bits per heavy atom. The van der Waals surface area contributed by atoms with Crippen molar-refractivity contribution in [1.29, 1.82) is 0 Å². The number of nitrogens with zero attached hydrogens (tertiary/aromatic N) is 1. The van der Waals surface area contributed by atoms with Crippen LogP contribution in [-0.2, 0) is 4.79 Å². The summed E-state index contributed by atoms with van der Waals surface area (Å²) in [7, 11) is 1.84. The molecule has 6 nitrogen and oxygen atoms in total. The molecule has 1 aromatic carbocycles. The molecular weight excluding hydrogens is 328 g/mol. The Morgan fingerprint density at radius 3 is 2.54 bits per heavy atom. The largest absolute Gasteiger partial charge is 0.352 e. The number of halogens is 1. The first-order chi connectivity index (χ1) is 11.0. The molecule has 1 aromatic rings. The molecule has 1 saturated heterocycles. The second kappa shape index (κ2) is 9.49. The number of primary amides is 1. The molecule has 1 fully saturated rings. The zero-order chi connectivity index (χ0) is 16.8. The lowest BCUT2D eigenvalue weighted by Gasteiger charge is -2.33. The maximum atomic E-state index is 12.6. The molecule has 0 radical (unpaired) electrons. The summed E-state index contributed by atoms with van der Waals surface area (Å²) in [4.78, 5) is 25.8. The zero-order valence-corrected chi connectivity index (χ0v) is 15.1. The minimum Gasteiger partial charge on any atom is -0.352 e. The Labute approximate surface area is 149 Å². The molecule has 1 unspecified atom stereocenters. The van der Waals surface area contributed by atoms with Gasteiger partial charge in [0, 0.05) is 13.1 Å². The second-order valence-electron chi connectivity index (χ2n) is 6.11. The first-order valence-electron chi connectivity index (χ1n) is 8.07. The number of nitrogens with one attached hydrogen (secondary N) is 2. The number of rotatable bonds is 5. The third kappa shape index (κ3) is 5.39. The minimum atomic E-state index is -0.615. The van der Waals surface area contributed by atoms with Crippen LogP contribution in [0, 0.1) is 6.92 Å². The van der Waals surface area contributed by atoms with Crippen molar-refractivity contribution >= 4 is 24.3 Å². The van der Waals surface area contributed by atoms with Gasteiger partial charge in [0.2, 0.25) is 5.91 Å². The molecule has 24 heavy (non-hydrogen) atoms. The van der Waals surface area contributed by atoms with E-state index in [-0.39, 0.29) is 30.8 Å². The number of aryl methyl sites for hydroxylation is 1. The van der Waals surface area contributed by atoms with Crippen molar-refractivity contribution in [2.24, 2.45) is 5.73 Å². The van der Waals surface area contributed by atoms with E-state index in [4.69, 9.17) is 5.73 Å². The molecule has 1 heterocycles. The van der Waals surface area contributed by atoms with E-state index in [2.05, 4.69) is 10.6 Å². The molecule has 1 atom stereocenters. The van der Waals surface area contributed by atoms with Gasteiger partial charge in [-0.25, -0.2) is 4.79 Å². The van der Waals surface area contributed by atoms with Crippen molar-refractivity contribution in [1.82, 2.24) is 15.5 Å². The number of urea groups is 1. The molecular formula is C17H27ClN4O2. The SMILES string of the molecule is Cc1ccccc1C(CC(=O)N(C)C1CCNCC1)NC(N)=O.Cl. The summed E-state index contributed by atoms with van der Waals surface area (Å²) < 4.78 is 0. The number of benzene rings is 1. The zero-order valence-electron chi connectivity index (χ0n) is 14.2. The highest BCUT2D eigenvalue weighted by Gasteiger charge is 2.25. The number of hydrogen-bond acceptors (Lipinski definition) is 3. The molecule has 0 saturated carbocycles. The number of piperidine rings is 1. The van der Waals surface area contributed by atoms with Crippen LogP contribution in [0.2, 0.25) is 0 Å². The number of amides is 3. The monoisotopic (exact) mass is 354 g/mol. The van der Waals surface area contributed by atoms with Crippen LogP contribution in [0.1, 0.15) is 36.4 Å².